The van der Waals surface area contributed by atoms with Crippen molar-refractivity contribution in [3.05, 3.63) is 59.2 Å². The van der Waals surface area contributed by atoms with Gasteiger partial charge < -0.3 is 9.64 Å². The standard InChI is InChI=1S/C19H21NO2/c1-14(21)16-9-10-19(22-2)17(12-16)13-20-11-5-7-15-6-3-4-8-18(15)20/h3-4,6,8-10,12H,5,7,11,13H2,1-2H3. The second-order valence-electron chi connectivity index (χ2n) is 5.74. The Bertz CT molecular complexity index is 694. The van der Waals surface area contributed by atoms with Crippen LogP contribution < -0.4 is 9.64 Å². The van der Waals surface area contributed by atoms with Crippen molar-refractivity contribution in [2.45, 2.75) is 26.3 Å². The Hall–Kier alpha value is -2.29. The molecule has 0 unspecified atom stereocenters. The molecule has 0 spiro atoms. The van der Waals surface area contributed by atoms with E-state index in [2.05, 4.69) is 29.2 Å². The summed E-state index contributed by atoms with van der Waals surface area (Å²) in [6.07, 6.45) is 2.29. The van der Waals surface area contributed by atoms with Crippen LogP contribution in [-0.2, 0) is 13.0 Å². The third kappa shape index (κ3) is 2.84. The van der Waals surface area contributed by atoms with Crippen molar-refractivity contribution < 1.29 is 9.53 Å². The van der Waals surface area contributed by atoms with E-state index in [1.807, 2.05) is 18.2 Å². The molecular formula is C19H21NO2. The maximum atomic E-state index is 11.6. The molecule has 1 aliphatic heterocycles. The van der Waals surface area contributed by atoms with Crippen molar-refractivity contribution in [1.29, 1.82) is 0 Å². The van der Waals surface area contributed by atoms with Crippen LogP contribution in [0.4, 0.5) is 5.69 Å². The zero-order chi connectivity index (χ0) is 15.5. The summed E-state index contributed by atoms with van der Waals surface area (Å²) >= 11 is 0. The highest BCUT2D eigenvalue weighted by atomic mass is 16.5. The van der Waals surface area contributed by atoms with Gasteiger partial charge in [-0.15, -0.1) is 0 Å². The van der Waals surface area contributed by atoms with E-state index >= 15 is 0 Å². The van der Waals surface area contributed by atoms with Crippen molar-refractivity contribution in [3.8, 4) is 5.75 Å². The van der Waals surface area contributed by atoms with E-state index in [0.29, 0.717) is 0 Å². The molecule has 2 aromatic rings. The van der Waals surface area contributed by atoms with E-state index in [9.17, 15) is 4.79 Å². The Morgan fingerprint density at radius 1 is 1.23 bits per heavy atom. The van der Waals surface area contributed by atoms with Gasteiger partial charge in [-0.25, -0.2) is 0 Å². The molecule has 0 bridgehead atoms. The van der Waals surface area contributed by atoms with Gasteiger partial charge in [0.05, 0.1) is 7.11 Å². The third-order valence-corrected chi connectivity index (χ3v) is 4.25. The molecule has 0 saturated carbocycles. The van der Waals surface area contributed by atoms with Crippen molar-refractivity contribution in [2.75, 3.05) is 18.6 Å². The number of aryl methyl sites for hydroxylation is 1. The van der Waals surface area contributed by atoms with Crippen LogP contribution in [0, 0.1) is 0 Å². The number of hydrogen-bond donors (Lipinski definition) is 0. The number of benzene rings is 2. The van der Waals surface area contributed by atoms with Crippen molar-refractivity contribution >= 4 is 11.5 Å². The number of ether oxygens (including phenoxy) is 1. The van der Waals surface area contributed by atoms with Gasteiger partial charge in [-0.1, -0.05) is 18.2 Å². The fourth-order valence-electron chi connectivity index (χ4n) is 3.10. The minimum Gasteiger partial charge on any atom is -0.496 e. The molecule has 1 aliphatic rings. The quantitative estimate of drug-likeness (QED) is 0.802. The Labute approximate surface area is 131 Å². The van der Waals surface area contributed by atoms with Crippen LogP contribution in [0.15, 0.2) is 42.5 Å². The topological polar surface area (TPSA) is 29.5 Å². The van der Waals surface area contributed by atoms with Gasteiger partial charge in [0, 0.05) is 29.9 Å². The van der Waals surface area contributed by atoms with Crippen LogP contribution in [0.5, 0.6) is 5.75 Å². The number of Topliss-reactive ketones (excluding diaryl/α,β-unsaturated/α-hetero) is 1. The van der Waals surface area contributed by atoms with Gasteiger partial charge in [-0.05, 0) is 49.6 Å². The van der Waals surface area contributed by atoms with Crippen molar-refractivity contribution in [2.24, 2.45) is 0 Å². The maximum absolute atomic E-state index is 11.6. The van der Waals surface area contributed by atoms with Gasteiger partial charge in [0.2, 0.25) is 0 Å². The minimum absolute atomic E-state index is 0.0861. The highest BCUT2D eigenvalue weighted by Crippen LogP contribution is 2.30. The van der Waals surface area contributed by atoms with E-state index in [0.717, 1.165) is 42.8 Å². The predicted octanol–water partition coefficient (Wildman–Crippen LogP) is 3.85. The summed E-state index contributed by atoms with van der Waals surface area (Å²) in [6, 6.07) is 14.2. The van der Waals surface area contributed by atoms with E-state index in [1.54, 1.807) is 14.0 Å². The van der Waals surface area contributed by atoms with E-state index < -0.39 is 0 Å². The molecule has 3 heteroatoms. The summed E-state index contributed by atoms with van der Waals surface area (Å²) < 4.78 is 5.47. The van der Waals surface area contributed by atoms with Crippen LogP contribution in [0.2, 0.25) is 0 Å². The number of methoxy groups -OCH3 is 1. The first-order chi connectivity index (χ1) is 10.7. The van der Waals surface area contributed by atoms with Crippen LogP contribution in [0.1, 0.15) is 34.8 Å². The monoisotopic (exact) mass is 295 g/mol. The van der Waals surface area contributed by atoms with Gasteiger partial charge in [-0.3, -0.25) is 4.79 Å². The normalized spacial score (nSPS) is 13.6. The Morgan fingerprint density at radius 2 is 2.05 bits per heavy atom. The average molecular weight is 295 g/mol. The Morgan fingerprint density at radius 3 is 2.82 bits per heavy atom. The molecule has 0 radical (unpaired) electrons. The predicted molar refractivity (Wildman–Crippen MR) is 88.8 cm³/mol. The number of hydrogen-bond acceptors (Lipinski definition) is 3. The lowest BCUT2D eigenvalue weighted by Crippen LogP contribution is -2.29. The number of carbonyl (C=O) groups is 1. The van der Waals surface area contributed by atoms with Crippen LogP contribution in [-0.4, -0.2) is 19.4 Å². The van der Waals surface area contributed by atoms with E-state index in [-0.39, 0.29) is 5.78 Å². The second-order valence-corrected chi connectivity index (χ2v) is 5.74. The first-order valence-electron chi connectivity index (χ1n) is 7.70. The smallest absolute Gasteiger partial charge is 0.159 e. The molecule has 22 heavy (non-hydrogen) atoms. The first-order valence-corrected chi connectivity index (χ1v) is 7.70. The lowest BCUT2D eigenvalue weighted by Gasteiger charge is -2.31. The zero-order valence-corrected chi connectivity index (χ0v) is 13.1. The number of anilines is 1. The van der Waals surface area contributed by atoms with Gasteiger partial charge in [0.1, 0.15) is 5.75 Å². The molecule has 1 heterocycles. The number of para-hydroxylation sites is 1. The van der Waals surface area contributed by atoms with Gasteiger partial charge in [0.25, 0.3) is 0 Å². The number of ketones is 1. The Balaban J connectivity index is 1.93. The molecule has 0 N–H and O–H groups in total. The van der Waals surface area contributed by atoms with Crippen LogP contribution in [0.25, 0.3) is 0 Å². The average Bonchev–Trinajstić information content (AvgIpc) is 2.55. The highest BCUT2D eigenvalue weighted by Gasteiger charge is 2.18. The second kappa shape index (κ2) is 6.22. The molecule has 0 saturated heterocycles. The number of nitrogens with zero attached hydrogens (tertiary/aromatic N) is 1. The molecule has 3 nitrogen and oxygen atoms in total. The minimum atomic E-state index is 0.0861. The summed E-state index contributed by atoms with van der Waals surface area (Å²) in [6.45, 7) is 3.40. The molecule has 2 aromatic carbocycles. The largest absolute Gasteiger partial charge is 0.496 e. The number of fused-ring (bicyclic) bond motifs is 1. The van der Waals surface area contributed by atoms with E-state index in [4.69, 9.17) is 4.74 Å². The van der Waals surface area contributed by atoms with Crippen LogP contribution >= 0.6 is 0 Å². The third-order valence-electron chi connectivity index (χ3n) is 4.25. The van der Waals surface area contributed by atoms with Gasteiger partial charge in [-0.2, -0.15) is 0 Å². The zero-order valence-electron chi connectivity index (χ0n) is 13.1. The molecule has 114 valence electrons. The summed E-state index contributed by atoms with van der Waals surface area (Å²) in [5, 5.41) is 0. The fraction of sp³-hybridized carbons (Fsp3) is 0.316. The summed E-state index contributed by atoms with van der Waals surface area (Å²) in [5.41, 5.74) is 4.49. The van der Waals surface area contributed by atoms with E-state index in [1.165, 1.54) is 11.3 Å². The van der Waals surface area contributed by atoms with Gasteiger partial charge >= 0.3 is 0 Å². The highest BCUT2D eigenvalue weighted by molar-refractivity contribution is 5.94. The molecule has 0 atom stereocenters. The number of rotatable bonds is 4. The van der Waals surface area contributed by atoms with Crippen LogP contribution in [0.3, 0.4) is 0 Å². The molecule has 0 aromatic heterocycles. The molecular weight excluding hydrogens is 274 g/mol. The lowest BCUT2D eigenvalue weighted by molar-refractivity contribution is 0.101. The van der Waals surface area contributed by atoms with Crippen molar-refractivity contribution in [1.82, 2.24) is 0 Å². The molecule has 0 fully saturated rings. The molecule has 0 amide bonds. The first kappa shape index (κ1) is 14.6. The number of carbonyl (C=O) groups excluding carboxylic acids is 1. The maximum Gasteiger partial charge on any atom is 0.159 e. The van der Waals surface area contributed by atoms with Crippen molar-refractivity contribution in [3.63, 3.8) is 0 Å². The molecule has 0 aliphatic carbocycles. The summed E-state index contributed by atoms with van der Waals surface area (Å²) in [7, 11) is 1.68. The van der Waals surface area contributed by atoms with Gasteiger partial charge in [0.15, 0.2) is 5.78 Å². The summed E-state index contributed by atoms with van der Waals surface area (Å²) in [4.78, 5) is 14.0. The SMILES string of the molecule is COc1ccc(C(C)=O)cc1CN1CCCc2ccccc21. The lowest BCUT2D eigenvalue weighted by atomic mass is 10.00. The molecule has 3 rings (SSSR count). The Kier molecular flexibility index (Phi) is 4.14. The fourth-order valence-corrected chi connectivity index (χ4v) is 3.10. The summed E-state index contributed by atoms with van der Waals surface area (Å²) in [5.74, 6) is 0.927.